The van der Waals surface area contributed by atoms with Gasteiger partial charge in [-0.2, -0.15) is 24.3 Å². The second-order valence-corrected chi connectivity index (χ2v) is 6.18. The third-order valence-corrected chi connectivity index (χ3v) is 4.50. The first-order valence-electron chi connectivity index (χ1n) is 7.80. The quantitative estimate of drug-likeness (QED) is 0.364. The summed E-state index contributed by atoms with van der Waals surface area (Å²) in [7, 11) is 0. The Hall–Kier alpha value is -1.60. The van der Waals surface area contributed by atoms with E-state index in [1.54, 1.807) is 0 Å². The van der Waals surface area contributed by atoms with Gasteiger partial charge >= 0.3 is 26.2 Å². The molecule has 25 heavy (non-hydrogen) atoms. The Kier molecular flexibility index (Phi) is 9.15. The minimum absolute atomic E-state index is 0. The summed E-state index contributed by atoms with van der Waals surface area (Å²) in [4.78, 5) is 0. The molecule has 128 valence electrons. The Bertz CT molecular complexity index is 782. The van der Waals surface area contributed by atoms with Gasteiger partial charge in [-0.25, -0.2) is 0 Å². The zero-order valence-electron chi connectivity index (χ0n) is 15.0. The van der Waals surface area contributed by atoms with E-state index in [2.05, 4.69) is 88.4 Å². The van der Waals surface area contributed by atoms with Crippen molar-refractivity contribution >= 4 is 21.5 Å². The number of rotatable bonds is 0. The van der Waals surface area contributed by atoms with Gasteiger partial charge in [0.05, 0.1) is 0 Å². The van der Waals surface area contributed by atoms with E-state index in [4.69, 9.17) is 0 Å². The van der Waals surface area contributed by atoms with Gasteiger partial charge in [0.2, 0.25) is 0 Å². The van der Waals surface area contributed by atoms with Gasteiger partial charge in [-0.1, -0.05) is 22.3 Å². The van der Waals surface area contributed by atoms with Gasteiger partial charge in [-0.3, -0.25) is 0 Å². The Morgan fingerprint density at radius 3 is 1.24 bits per heavy atom. The predicted molar refractivity (Wildman–Crippen MR) is 98.0 cm³/mol. The molecule has 0 aromatic heterocycles. The summed E-state index contributed by atoms with van der Waals surface area (Å²) in [6.45, 7) is 8.62. The van der Waals surface area contributed by atoms with Crippen LogP contribution >= 0.6 is 0 Å². The SMILES string of the molecule is Cc1cc2cc[cH-]c2cc1C.Cc1cc2cc[cH-]c2cc1C.[F-].[F-].[Zr+4]. The molecule has 4 aromatic rings. The van der Waals surface area contributed by atoms with Crippen LogP contribution < -0.4 is 9.41 Å². The molecular formula is C22H22F2Zr. The van der Waals surface area contributed by atoms with Crippen LogP contribution in [0.25, 0.3) is 21.5 Å². The molecule has 0 saturated heterocycles. The summed E-state index contributed by atoms with van der Waals surface area (Å²) < 4.78 is 0. The zero-order chi connectivity index (χ0) is 15.7. The van der Waals surface area contributed by atoms with Crippen molar-refractivity contribution in [2.45, 2.75) is 27.7 Å². The van der Waals surface area contributed by atoms with E-state index >= 15 is 0 Å². The molecule has 0 atom stereocenters. The monoisotopic (exact) mass is 414 g/mol. The van der Waals surface area contributed by atoms with Crippen LogP contribution in [0.2, 0.25) is 0 Å². The molecule has 0 unspecified atom stereocenters. The fraction of sp³-hybridized carbons (Fsp3) is 0.182. The maximum atomic E-state index is 2.24. The Morgan fingerprint density at radius 1 is 0.560 bits per heavy atom. The fourth-order valence-electron chi connectivity index (χ4n) is 2.81. The topological polar surface area (TPSA) is 0 Å². The molecule has 0 spiro atoms. The van der Waals surface area contributed by atoms with E-state index in [9.17, 15) is 0 Å². The van der Waals surface area contributed by atoms with E-state index in [1.807, 2.05) is 0 Å². The fourth-order valence-corrected chi connectivity index (χ4v) is 2.81. The second kappa shape index (κ2) is 9.77. The maximum Gasteiger partial charge on any atom is 4.00 e. The molecule has 0 aliphatic carbocycles. The minimum Gasteiger partial charge on any atom is -1.00 e. The van der Waals surface area contributed by atoms with Crippen LogP contribution in [-0.2, 0) is 26.2 Å². The van der Waals surface area contributed by atoms with Crippen LogP contribution in [0.5, 0.6) is 0 Å². The van der Waals surface area contributed by atoms with Crippen molar-refractivity contribution in [3.63, 3.8) is 0 Å². The minimum atomic E-state index is 0. The number of benzene rings is 2. The maximum absolute atomic E-state index is 2.24. The summed E-state index contributed by atoms with van der Waals surface area (Å²) in [6, 6.07) is 21.8. The summed E-state index contributed by atoms with van der Waals surface area (Å²) >= 11 is 0. The van der Waals surface area contributed by atoms with Crippen molar-refractivity contribution in [1.29, 1.82) is 0 Å². The summed E-state index contributed by atoms with van der Waals surface area (Å²) in [5, 5.41) is 5.42. The molecule has 0 heterocycles. The van der Waals surface area contributed by atoms with E-state index in [1.165, 1.54) is 43.8 Å². The van der Waals surface area contributed by atoms with Gasteiger partial charge in [0.15, 0.2) is 0 Å². The van der Waals surface area contributed by atoms with Gasteiger partial charge in [-0.15, -0.1) is 57.9 Å². The summed E-state index contributed by atoms with van der Waals surface area (Å²) in [5.41, 5.74) is 5.51. The molecule has 0 saturated carbocycles. The van der Waals surface area contributed by atoms with Crippen molar-refractivity contribution in [3.8, 4) is 0 Å². The van der Waals surface area contributed by atoms with Crippen LogP contribution in [0.3, 0.4) is 0 Å². The molecule has 3 heteroatoms. The number of aryl methyl sites for hydroxylation is 4. The van der Waals surface area contributed by atoms with E-state index in [-0.39, 0.29) is 35.6 Å². The molecule has 0 N–H and O–H groups in total. The standard InChI is InChI=1S/2C11H11.2FH.Zr/c2*1-8-6-10-4-3-5-11(10)7-9(8)2;;;/h2*3-7H,1-2H3;2*1H;/q2*-1;;;+4/p-2. The normalized spacial score (nSPS) is 9.44. The smallest absolute Gasteiger partial charge is 1.00 e. The molecule has 0 radical (unpaired) electrons. The number of fused-ring (bicyclic) bond motifs is 2. The molecule has 0 bridgehead atoms. The summed E-state index contributed by atoms with van der Waals surface area (Å²) in [5.74, 6) is 0. The van der Waals surface area contributed by atoms with Gasteiger partial charge in [0.25, 0.3) is 0 Å². The van der Waals surface area contributed by atoms with Gasteiger partial charge in [0.1, 0.15) is 0 Å². The van der Waals surface area contributed by atoms with E-state index in [0.29, 0.717) is 0 Å². The second-order valence-electron chi connectivity index (χ2n) is 6.18. The first kappa shape index (κ1) is 23.4. The molecule has 0 aliphatic rings. The third kappa shape index (κ3) is 5.19. The molecule has 0 aliphatic heterocycles. The molecule has 4 rings (SSSR count). The largest absolute Gasteiger partial charge is 4.00 e. The Morgan fingerprint density at radius 2 is 0.880 bits per heavy atom. The van der Waals surface area contributed by atoms with Crippen LogP contribution in [0.4, 0.5) is 0 Å². The van der Waals surface area contributed by atoms with Crippen molar-refractivity contribution in [2.75, 3.05) is 0 Å². The average Bonchev–Trinajstić information content (AvgIpc) is 3.09. The number of hydrogen-bond donors (Lipinski definition) is 0. The van der Waals surface area contributed by atoms with Gasteiger partial charge < -0.3 is 9.41 Å². The third-order valence-electron chi connectivity index (χ3n) is 4.50. The average molecular weight is 416 g/mol. The van der Waals surface area contributed by atoms with Crippen molar-refractivity contribution in [1.82, 2.24) is 0 Å². The van der Waals surface area contributed by atoms with Crippen LogP contribution in [0.15, 0.2) is 60.7 Å². The molecule has 4 aromatic carbocycles. The number of halogens is 2. The Balaban J connectivity index is 0.000000411. The molecule has 0 amide bonds. The van der Waals surface area contributed by atoms with Crippen molar-refractivity contribution in [3.05, 3.63) is 82.9 Å². The predicted octanol–water partition coefficient (Wildman–Crippen LogP) is 0.357. The van der Waals surface area contributed by atoms with Crippen LogP contribution in [0.1, 0.15) is 22.3 Å². The van der Waals surface area contributed by atoms with Crippen molar-refractivity contribution in [2.24, 2.45) is 0 Å². The van der Waals surface area contributed by atoms with E-state index < -0.39 is 0 Å². The molecular weight excluding hydrogens is 393 g/mol. The van der Waals surface area contributed by atoms with Crippen LogP contribution in [-0.4, -0.2) is 0 Å². The zero-order valence-corrected chi connectivity index (χ0v) is 17.5. The summed E-state index contributed by atoms with van der Waals surface area (Å²) in [6.07, 6.45) is 0. The first-order chi connectivity index (χ1) is 10.5. The molecule has 0 fully saturated rings. The first-order valence-corrected chi connectivity index (χ1v) is 7.80. The van der Waals surface area contributed by atoms with Gasteiger partial charge in [0, 0.05) is 0 Å². The van der Waals surface area contributed by atoms with Gasteiger partial charge in [-0.05, 0) is 27.7 Å². The van der Waals surface area contributed by atoms with Crippen molar-refractivity contribution < 1.29 is 35.6 Å². The van der Waals surface area contributed by atoms with E-state index in [0.717, 1.165) is 0 Å². The number of hydrogen-bond acceptors (Lipinski definition) is 0. The van der Waals surface area contributed by atoms with Crippen LogP contribution in [0, 0.1) is 27.7 Å². The molecule has 0 nitrogen and oxygen atoms in total. The Labute approximate surface area is 167 Å².